The van der Waals surface area contributed by atoms with Crippen LogP contribution in [0.2, 0.25) is 0 Å². The summed E-state index contributed by atoms with van der Waals surface area (Å²) in [6.45, 7) is 2.39. The number of hydrogen-bond donors (Lipinski definition) is 0. The first-order valence-electron chi connectivity index (χ1n) is 13.3. The highest BCUT2D eigenvalue weighted by atomic mass is 79.9. The SMILES string of the molecule is CC1CCCCN1S(=O)(=O)c1ccc(C(=O)N(/N=C/c2coc3ccccc3c2=O)c2nc3ccc(Br)cc3s2)cc1. The maximum Gasteiger partial charge on any atom is 0.280 e. The fourth-order valence-corrected chi connectivity index (χ4v) is 8.10. The lowest BCUT2D eigenvalue weighted by Gasteiger charge is -2.32. The molecule has 1 aliphatic rings. The minimum absolute atomic E-state index is 0.0818. The number of aromatic nitrogens is 1. The fourth-order valence-electron chi connectivity index (χ4n) is 4.92. The van der Waals surface area contributed by atoms with Crippen molar-refractivity contribution in [1.29, 1.82) is 0 Å². The van der Waals surface area contributed by atoms with Gasteiger partial charge in [0.15, 0.2) is 0 Å². The molecule has 3 aromatic carbocycles. The third-order valence-electron chi connectivity index (χ3n) is 7.18. The molecule has 42 heavy (non-hydrogen) atoms. The zero-order valence-corrected chi connectivity index (χ0v) is 25.7. The Morgan fingerprint density at radius 1 is 1.14 bits per heavy atom. The van der Waals surface area contributed by atoms with Crippen LogP contribution in [-0.4, -0.2) is 42.4 Å². The largest absolute Gasteiger partial charge is 0.463 e. The van der Waals surface area contributed by atoms with E-state index in [2.05, 4.69) is 26.0 Å². The number of hydrazone groups is 1. The summed E-state index contributed by atoms with van der Waals surface area (Å²) in [5, 5.41) is 6.18. The van der Waals surface area contributed by atoms with Gasteiger partial charge >= 0.3 is 0 Å². The quantitative estimate of drug-likeness (QED) is 0.153. The second-order valence-electron chi connectivity index (χ2n) is 9.97. The molecule has 0 N–H and O–H groups in total. The molecule has 2 aromatic heterocycles. The number of sulfonamides is 1. The monoisotopic (exact) mass is 664 g/mol. The summed E-state index contributed by atoms with van der Waals surface area (Å²) in [4.78, 5) is 31.6. The number of halogens is 1. The normalized spacial score (nSPS) is 16.4. The molecule has 214 valence electrons. The first kappa shape index (κ1) is 28.4. The fraction of sp³-hybridized carbons (Fsp3) is 0.200. The Balaban J connectivity index is 1.37. The number of rotatable bonds is 6. The Kier molecular flexibility index (Phi) is 7.79. The van der Waals surface area contributed by atoms with E-state index in [1.807, 2.05) is 25.1 Å². The first-order valence-corrected chi connectivity index (χ1v) is 16.3. The molecule has 3 heterocycles. The van der Waals surface area contributed by atoms with E-state index in [1.165, 1.54) is 52.4 Å². The zero-order chi connectivity index (χ0) is 29.4. The Hall–Kier alpha value is -3.71. The van der Waals surface area contributed by atoms with Crippen LogP contribution in [0, 0.1) is 0 Å². The van der Waals surface area contributed by atoms with Crippen molar-refractivity contribution in [2.45, 2.75) is 37.1 Å². The predicted molar refractivity (Wildman–Crippen MR) is 168 cm³/mol. The predicted octanol–water partition coefficient (Wildman–Crippen LogP) is 6.41. The second kappa shape index (κ2) is 11.5. The molecule has 12 heteroatoms. The van der Waals surface area contributed by atoms with E-state index in [4.69, 9.17) is 4.42 Å². The molecule has 9 nitrogen and oxygen atoms in total. The molecule has 1 amide bonds. The number of hydrogen-bond acceptors (Lipinski definition) is 8. The molecular formula is C30H25BrN4O5S2. The second-order valence-corrected chi connectivity index (χ2v) is 13.8. The van der Waals surface area contributed by atoms with Crippen LogP contribution in [0.1, 0.15) is 42.1 Å². The molecule has 1 aliphatic heterocycles. The summed E-state index contributed by atoms with van der Waals surface area (Å²) in [6.07, 6.45) is 5.21. The highest BCUT2D eigenvalue weighted by Gasteiger charge is 2.31. The average Bonchev–Trinajstić information content (AvgIpc) is 3.41. The van der Waals surface area contributed by atoms with E-state index in [-0.39, 0.29) is 32.6 Å². The van der Waals surface area contributed by atoms with Crippen molar-refractivity contribution in [3.05, 3.63) is 98.8 Å². The Bertz CT molecular complexity index is 2000. The topological polar surface area (TPSA) is 113 Å². The van der Waals surface area contributed by atoms with Crippen molar-refractivity contribution in [3.63, 3.8) is 0 Å². The zero-order valence-electron chi connectivity index (χ0n) is 22.4. The van der Waals surface area contributed by atoms with Crippen LogP contribution in [0.25, 0.3) is 21.2 Å². The Morgan fingerprint density at radius 3 is 2.71 bits per heavy atom. The van der Waals surface area contributed by atoms with E-state index in [0.29, 0.717) is 23.0 Å². The van der Waals surface area contributed by atoms with Gasteiger partial charge in [-0.15, -0.1) is 0 Å². The number of anilines is 1. The lowest BCUT2D eigenvalue weighted by atomic mass is 10.1. The van der Waals surface area contributed by atoms with E-state index in [1.54, 1.807) is 24.3 Å². The molecule has 1 atom stereocenters. The maximum absolute atomic E-state index is 13.8. The summed E-state index contributed by atoms with van der Waals surface area (Å²) in [5.74, 6) is -0.537. The lowest BCUT2D eigenvalue weighted by Crippen LogP contribution is -2.41. The van der Waals surface area contributed by atoms with Gasteiger partial charge in [0.2, 0.25) is 20.6 Å². The van der Waals surface area contributed by atoms with Gasteiger partial charge in [0.1, 0.15) is 11.8 Å². The smallest absolute Gasteiger partial charge is 0.280 e. The van der Waals surface area contributed by atoms with Gasteiger partial charge in [-0.1, -0.05) is 45.8 Å². The van der Waals surface area contributed by atoms with E-state index < -0.39 is 15.9 Å². The summed E-state index contributed by atoms with van der Waals surface area (Å²) >= 11 is 4.72. The minimum Gasteiger partial charge on any atom is -0.463 e. The van der Waals surface area contributed by atoms with Gasteiger partial charge in [-0.25, -0.2) is 13.4 Å². The number of benzene rings is 3. The van der Waals surface area contributed by atoms with Crippen molar-refractivity contribution in [2.75, 3.05) is 11.6 Å². The molecule has 0 aliphatic carbocycles. The van der Waals surface area contributed by atoms with Crippen LogP contribution in [0.4, 0.5) is 5.13 Å². The molecule has 0 bridgehead atoms. The van der Waals surface area contributed by atoms with Gasteiger partial charge in [0.05, 0.1) is 32.3 Å². The lowest BCUT2D eigenvalue weighted by molar-refractivity contribution is 0.0987. The van der Waals surface area contributed by atoms with Crippen LogP contribution < -0.4 is 10.4 Å². The summed E-state index contributed by atoms with van der Waals surface area (Å²) < 4.78 is 35.4. The van der Waals surface area contributed by atoms with Crippen LogP contribution in [0.3, 0.4) is 0 Å². The van der Waals surface area contributed by atoms with Gasteiger partial charge in [-0.2, -0.15) is 14.4 Å². The van der Waals surface area contributed by atoms with Crippen LogP contribution >= 0.6 is 27.3 Å². The molecular weight excluding hydrogens is 640 g/mol. The number of thiazole rings is 1. The summed E-state index contributed by atoms with van der Waals surface area (Å²) in [7, 11) is -3.70. The number of nitrogens with zero attached hydrogens (tertiary/aromatic N) is 4. The summed E-state index contributed by atoms with van der Waals surface area (Å²) in [5.41, 5.74) is 1.20. The van der Waals surface area contributed by atoms with Crippen molar-refractivity contribution < 1.29 is 17.6 Å². The van der Waals surface area contributed by atoms with Crippen molar-refractivity contribution in [2.24, 2.45) is 5.10 Å². The number of carbonyl (C=O) groups is 1. The van der Waals surface area contributed by atoms with Gasteiger partial charge in [0.25, 0.3) is 5.91 Å². The van der Waals surface area contributed by atoms with Gasteiger partial charge < -0.3 is 4.42 Å². The van der Waals surface area contributed by atoms with E-state index in [9.17, 15) is 18.0 Å². The van der Waals surface area contributed by atoms with Gasteiger partial charge in [0, 0.05) is 22.6 Å². The number of piperidine rings is 1. The maximum atomic E-state index is 13.8. The molecule has 0 radical (unpaired) electrons. The minimum atomic E-state index is -3.70. The van der Waals surface area contributed by atoms with Crippen LogP contribution in [-0.2, 0) is 10.0 Å². The number of carbonyl (C=O) groups excluding carboxylic acids is 1. The number of amides is 1. The molecule has 5 aromatic rings. The van der Waals surface area contributed by atoms with Crippen molar-refractivity contribution >= 4 is 75.7 Å². The molecule has 1 unspecified atom stereocenters. The van der Waals surface area contributed by atoms with Crippen LogP contribution in [0.15, 0.2) is 96.7 Å². The van der Waals surface area contributed by atoms with Gasteiger partial charge in [-0.05, 0) is 74.4 Å². The highest BCUT2D eigenvalue weighted by Crippen LogP contribution is 2.32. The molecule has 6 rings (SSSR count). The highest BCUT2D eigenvalue weighted by molar-refractivity contribution is 9.10. The molecule has 1 saturated heterocycles. The van der Waals surface area contributed by atoms with Gasteiger partial charge in [-0.3, -0.25) is 9.59 Å². The number of fused-ring (bicyclic) bond motifs is 2. The Morgan fingerprint density at radius 2 is 1.93 bits per heavy atom. The Labute approximate surface area is 254 Å². The van der Waals surface area contributed by atoms with Crippen molar-refractivity contribution in [1.82, 2.24) is 9.29 Å². The standard InChI is InChI=1S/C30H25BrN4O5S2/c1-19-6-4-5-15-34(19)42(38,39)23-12-9-20(10-13-23)29(37)35(30-33-25-14-11-22(31)16-27(25)41-30)32-17-21-18-40-26-8-3-2-7-24(26)28(21)36/h2-3,7-14,16-19H,4-6,15H2,1H3/b32-17+. The third-order valence-corrected chi connectivity index (χ3v) is 10.7. The number of para-hydroxylation sites is 1. The average molecular weight is 666 g/mol. The molecule has 0 spiro atoms. The van der Waals surface area contributed by atoms with E-state index >= 15 is 0 Å². The third kappa shape index (κ3) is 5.42. The van der Waals surface area contributed by atoms with Crippen LogP contribution in [0.5, 0.6) is 0 Å². The van der Waals surface area contributed by atoms with E-state index in [0.717, 1.165) is 33.4 Å². The first-order chi connectivity index (χ1) is 20.2. The molecule has 1 fully saturated rings. The summed E-state index contributed by atoms with van der Waals surface area (Å²) in [6, 6.07) is 18.2. The molecule has 0 saturated carbocycles. The van der Waals surface area contributed by atoms with Crippen molar-refractivity contribution in [3.8, 4) is 0 Å².